The normalized spacial score (nSPS) is 28.1. The fourth-order valence-corrected chi connectivity index (χ4v) is 5.83. The number of benzene rings is 1. The highest BCUT2D eigenvalue weighted by molar-refractivity contribution is 5.80. The van der Waals surface area contributed by atoms with Gasteiger partial charge in [-0.1, -0.05) is 30.3 Å². The molecule has 0 radical (unpaired) electrons. The lowest BCUT2D eigenvalue weighted by atomic mass is 9.81. The van der Waals surface area contributed by atoms with E-state index in [1.165, 1.54) is 5.56 Å². The predicted octanol–water partition coefficient (Wildman–Crippen LogP) is 4.05. The number of hydrogen-bond donors (Lipinski definition) is 0. The second-order valence-electron chi connectivity index (χ2n) is 10.3. The van der Waals surface area contributed by atoms with Gasteiger partial charge in [-0.3, -0.25) is 9.59 Å². The van der Waals surface area contributed by atoms with Gasteiger partial charge in [0.1, 0.15) is 0 Å². The largest absolute Gasteiger partial charge is 0.376 e. The number of rotatable bonds is 5. The predicted molar refractivity (Wildman–Crippen MR) is 122 cm³/mol. The van der Waals surface area contributed by atoms with Crippen molar-refractivity contribution >= 4 is 11.8 Å². The highest BCUT2D eigenvalue weighted by Gasteiger charge is 2.42. The maximum Gasteiger partial charge on any atom is 0.226 e. The van der Waals surface area contributed by atoms with Gasteiger partial charge in [-0.2, -0.15) is 0 Å². The second kappa shape index (κ2) is 9.72. The third kappa shape index (κ3) is 5.49. The van der Waals surface area contributed by atoms with Crippen LogP contribution >= 0.6 is 0 Å². The smallest absolute Gasteiger partial charge is 0.226 e. The maximum absolute atomic E-state index is 13.4. The minimum absolute atomic E-state index is 0.0835. The molecule has 0 unspecified atom stereocenters. The molecule has 170 valence electrons. The molecule has 3 heterocycles. The van der Waals surface area contributed by atoms with E-state index >= 15 is 0 Å². The molecule has 3 fully saturated rings. The van der Waals surface area contributed by atoms with Crippen molar-refractivity contribution in [1.29, 1.82) is 0 Å². The summed E-state index contributed by atoms with van der Waals surface area (Å²) in [6.07, 6.45) is 7.22. The number of nitrogens with zero attached hydrogens (tertiary/aromatic N) is 2. The number of carbonyl (C=O) groups excluding carboxylic acids is 2. The number of likely N-dealkylation sites (tertiary alicyclic amines) is 2. The SMILES string of the molecule is CC1(C)C[C@@H](C(=O)N2CCC[C@@H]3CN(C(=O)CCCc4ccccc4)CC[C@@H]32)CCO1. The van der Waals surface area contributed by atoms with Gasteiger partial charge < -0.3 is 14.5 Å². The maximum atomic E-state index is 13.4. The molecule has 0 saturated carbocycles. The van der Waals surface area contributed by atoms with Gasteiger partial charge in [-0.05, 0) is 70.3 Å². The minimum atomic E-state index is -0.205. The lowest BCUT2D eigenvalue weighted by molar-refractivity contribution is -0.153. The number of fused-ring (bicyclic) bond motifs is 1. The third-order valence-electron chi connectivity index (χ3n) is 7.45. The van der Waals surface area contributed by atoms with Gasteiger partial charge in [0.05, 0.1) is 5.60 Å². The van der Waals surface area contributed by atoms with Crippen molar-refractivity contribution < 1.29 is 14.3 Å². The van der Waals surface area contributed by atoms with Gasteiger partial charge in [0.2, 0.25) is 11.8 Å². The Kier molecular flexibility index (Phi) is 7.00. The minimum Gasteiger partial charge on any atom is -0.376 e. The zero-order valence-corrected chi connectivity index (χ0v) is 19.2. The summed E-state index contributed by atoms with van der Waals surface area (Å²) in [6.45, 7) is 7.34. The molecule has 1 aromatic carbocycles. The van der Waals surface area contributed by atoms with Gasteiger partial charge in [-0.15, -0.1) is 0 Å². The number of ether oxygens (including phenoxy) is 1. The molecule has 5 nitrogen and oxygen atoms in total. The molecule has 0 aromatic heterocycles. The van der Waals surface area contributed by atoms with Crippen molar-refractivity contribution in [3.63, 3.8) is 0 Å². The van der Waals surface area contributed by atoms with Crippen LogP contribution in [-0.2, 0) is 20.7 Å². The summed E-state index contributed by atoms with van der Waals surface area (Å²) in [5.41, 5.74) is 1.09. The van der Waals surface area contributed by atoms with E-state index in [0.29, 0.717) is 30.9 Å². The van der Waals surface area contributed by atoms with E-state index in [-0.39, 0.29) is 17.4 Å². The fraction of sp³-hybridized carbons (Fsp3) is 0.692. The lowest BCUT2D eigenvalue weighted by Crippen LogP contribution is -2.58. The molecule has 5 heteroatoms. The molecular weight excluding hydrogens is 388 g/mol. The molecule has 2 amide bonds. The van der Waals surface area contributed by atoms with E-state index in [4.69, 9.17) is 4.74 Å². The van der Waals surface area contributed by atoms with Crippen molar-refractivity contribution in [2.75, 3.05) is 26.2 Å². The van der Waals surface area contributed by atoms with Crippen LogP contribution in [0.25, 0.3) is 0 Å². The summed E-state index contributed by atoms with van der Waals surface area (Å²) < 4.78 is 5.83. The molecule has 4 rings (SSSR count). The van der Waals surface area contributed by atoms with Crippen LogP contribution in [0.3, 0.4) is 0 Å². The number of piperidine rings is 2. The van der Waals surface area contributed by atoms with Gasteiger partial charge in [0.25, 0.3) is 0 Å². The fourth-order valence-electron chi connectivity index (χ4n) is 5.83. The number of hydrogen-bond acceptors (Lipinski definition) is 3. The van der Waals surface area contributed by atoms with Crippen LogP contribution < -0.4 is 0 Å². The van der Waals surface area contributed by atoms with Gasteiger partial charge in [0.15, 0.2) is 0 Å². The molecule has 0 aliphatic carbocycles. The van der Waals surface area contributed by atoms with E-state index in [2.05, 4.69) is 47.9 Å². The van der Waals surface area contributed by atoms with E-state index < -0.39 is 0 Å². The van der Waals surface area contributed by atoms with Crippen LogP contribution in [-0.4, -0.2) is 59.5 Å². The molecule has 3 aliphatic rings. The Bertz CT molecular complexity index is 763. The van der Waals surface area contributed by atoms with E-state index in [0.717, 1.165) is 64.6 Å². The Morgan fingerprint density at radius 3 is 2.68 bits per heavy atom. The third-order valence-corrected chi connectivity index (χ3v) is 7.45. The Labute approximate surface area is 187 Å². The Morgan fingerprint density at radius 1 is 1.10 bits per heavy atom. The lowest BCUT2D eigenvalue weighted by Gasteiger charge is -2.49. The van der Waals surface area contributed by atoms with Crippen LogP contribution in [0.15, 0.2) is 30.3 Å². The van der Waals surface area contributed by atoms with E-state index in [1.807, 2.05) is 6.07 Å². The van der Waals surface area contributed by atoms with Crippen molar-refractivity contribution in [2.45, 2.75) is 76.9 Å². The standard InChI is InChI=1S/C26H38N2O3/c1-26(2)18-21(14-17-31-26)25(30)28-15-7-11-22-19-27(16-13-23(22)28)24(29)12-6-10-20-8-4-3-5-9-20/h3-5,8-9,21-23H,6-7,10-19H2,1-2H3/t21-,22+,23-/m0/s1. The van der Waals surface area contributed by atoms with Gasteiger partial charge in [-0.25, -0.2) is 0 Å². The van der Waals surface area contributed by atoms with E-state index in [9.17, 15) is 9.59 Å². The zero-order chi connectivity index (χ0) is 21.8. The van der Waals surface area contributed by atoms with E-state index in [1.54, 1.807) is 0 Å². The highest BCUT2D eigenvalue weighted by atomic mass is 16.5. The van der Waals surface area contributed by atoms with Crippen molar-refractivity contribution in [3.8, 4) is 0 Å². The molecule has 0 N–H and O–H groups in total. The van der Waals surface area contributed by atoms with Crippen LogP contribution in [0.2, 0.25) is 0 Å². The molecule has 3 aliphatic heterocycles. The first-order valence-corrected chi connectivity index (χ1v) is 12.2. The van der Waals surface area contributed by atoms with Crippen LogP contribution in [0, 0.1) is 11.8 Å². The first kappa shape index (κ1) is 22.3. The average molecular weight is 427 g/mol. The Morgan fingerprint density at radius 2 is 1.90 bits per heavy atom. The van der Waals surface area contributed by atoms with Crippen LogP contribution in [0.5, 0.6) is 0 Å². The molecular formula is C26H38N2O3. The molecule has 0 bridgehead atoms. The van der Waals surface area contributed by atoms with Gasteiger partial charge in [0, 0.05) is 44.6 Å². The van der Waals surface area contributed by atoms with Crippen LogP contribution in [0.1, 0.15) is 64.4 Å². The summed E-state index contributed by atoms with van der Waals surface area (Å²) in [5.74, 6) is 1.12. The van der Waals surface area contributed by atoms with Crippen molar-refractivity contribution in [2.24, 2.45) is 11.8 Å². The average Bonchev–Trinajstić information content (AvgIpc) is 2.77. The molecule has 3 atom stereocenters. The number of amides is 2. The monoisotopic (exact) mass is 426 g/mol. The Balaban J connectivity index is 1.29. The van der Waals surface area contributed by atoms with Crippen LogP contribution in [0.4, 0.5) is 0 Å². The topological polar surface area (TPSA) is 49.9 Å². The molecule has 31 heavy (non-hydrogen) atoms. The quantitative estimate of drug-likeness (QED) is 0.714. The molecule has 1 aromatic rings. The Hall–Kier alpha value is -1.88. The van der Waals surface area contributed by atoms with Crippen molar-refractivity contribution in [3.05, 3.63) is 35.9 Å². The highest BCUT2D eigenvalue weighted by Crippen LogP contribution is 2.35. The van der Waals surface area contributed by atoms with Gasteiger partial charge >= 0.3 is 0 Å². The first-order chi connectivity index (χ1) is 14.9. The summed E-state index contributed by atoms with van der Waals surface area (Å²) in [5, 5.41) is 0. The second-order valence-corrected chi connectivity index (χ2v) is 10.3. The summed E-state index contributed by atoms with van der Waals surface area (Å²) in [4.78, 5) is 30.5. The number of carbonyl (C=O) groups is 2. The summed E-state index contributed by atoms with van der Waals surface area (Å²) >= 11 is 0. The summed E-state index contributed by atoms with van der Waals surface area (Å²) in [7, 11) is 0. The zero-order valence-electron chi connectivity index (χ0n) is 19.2. The molecule has 0 spiro atoms. The number of aryl methyl sites for hydroxylation is 1. The van der Waals surface area contributed by atoms with Crippen molar-refractivity contribution in [1.82, 2.24) is 9.80 Å². The first-order valence-electron chi connectivity index (χ1n) is 12.2. The molecule has 3 saturated heterocycles. The summed E-state index contributed by atoms with van der Waals surface area (Å²) in [6, 6.07) is 10.7.